The molecule has 8 rings (SSSR count). The van der Waals surface area contributed by atoms with Crippen LogP contribution in [0.2, 0.25) is 10.0 Å². The van der Waals surface area contributed by atoms with Gasteiger partial charge < -0.3 is 9.84 Å². The summed E-state index contributed by atoms with van der Waals surface area (Å²) in [6.07, 6.45) is 2.83. The largest absolute Gasteiger partial charge is 0.505 e. The topological polar surface area (TPSA) is 116 Å². The summed E-state index contributed by atoms with van der Waals surface area (Å²) in [6, 6.07) is 22.7. The molecule has 0 radical (unpaired) electrons. The van der Waals surface area contributed by atoms with Crippen molar-refractivity contribution >= 4 is 58.2 Å². The maximum absolute atomic E-state index is 15.4. The van der Waals surface area contributed by atoms with Gasteiger partial charge in [-0.25, -0.2) is 4.39 Å². The van der Waals surface area contributed by atoms with Crippen molar-refractivity contribution in [3.8, 4) is 11.5 Å². The number of hydrogen-bond acceptors (Lipinski definition) is 7. The van der Waals surface area contributed by atoms with E-state index < -0.39 is 64.3 Å². The van der Waals surface area contributed by atoms with Crippen LogP contribution in [0.4, 0.5) is 15.8 Å². The molecule has 0 spiro atoms. The summed E-state index contributed by atoms with van der Waals surface area (Å²) in [6.45, 7) is 2.01. The van der Waals surface area contributed by atoms with Gasteiger partial charge in [-0.3, -0.25) is 29.5 Å². The summed E-state index contributed by atoms with van der Waals surface area (Å²) < 4.78 is 20.8. The van der Waals surface area contributed by atoms with Crippen molar-refractivity contribution in [1.29, 1.82) is 0 Å². The highest BCUT2D eigenvalue weighted by atomic mass is 35.5. The average Bonchev–Trinajstić information content (AvgIpc) is 3.54. The monoisotopic (exact) mass is 753 g/mol. The summed E-state index contributed by atoms with van der Waals surface area (Å²) in [4.78, 5) is 59.9. The summed E-state index contributed by atoms with van der Waals surface area (Å²) in [5.41, 5.74) is 4.02. The molecule has 6 atom stereocenters. The zero-order valence-electron chi connectivity index (χ0n) is 28.7. The number of hydrazine groups is 1. The molecule has 1 saturated carbocycles. The molecule has 4 aromatic rings. The fourth-order valence-corrected chi connectivity index (χ4v) is 9.54. The number of aryl methyl sites for hydroxylation is 1. The van der Waals surface area contributed by atoms with Crippen molar-refractivity contribution in [3.05, 3.63) is 129 Å². The third kappa shape index (κ3) is 5.17. The zero-order chi connectivity index (χ0) is 37.3. The van der Waals surface area contributed by atoms with Crippen molar-refractivity contribution in [2.24, 2.45) is 23.7 Å². The molecule has 2 N–H and O–H groups in total. The van der Waals surface area contributed by atoms with Gasteiger partial charge in [-0.15, -0.1) is 0 Å². The van der Waals surface area contributed by atoms with E-state index in [1.165, 1.54) is 30.2 Å². The van der Waals surface area contributed by atoms with Crippen LogP contribution in [-0.4, -0.2) is 40.9 Å². The van der Waals surface area contributed by atoms with Crippen LogP contribution in [0, 0.1) is 29.5 Å². The Morgan fingerprint density at radius 1 is 0.925 bits per heavy atom. The second-order valence-electron chi connectivity index (χ2n) is 13.9. The zero-order valence-corrected chi connectivity index (χ0v) is 30.2. The van der Waals surface area contributed by atoms with Crippen LogP contribution >= 0.6 is 23.2 Å². The van der Waals surface area contributed by atoms with Crippen LogP contribution in [0.25, 0.3) is 0 Å². The fourth-order valence-electron chi connectivity index (χ4n) is 9.09. The Morgan fingerprint density at radius 2 is 1.66 bits per heavy atom. The second kappa shape index (κ2) is 13.0. The summed E-state index contributed by atoms with van der Waals surface area (Å²) >= 11 is 12.7. The first-order valence-corrected chi connectivity index (χ1v) is 18.2. The minimum absolute atomic E-state index is 0.0182. The minimum Gasteiger partial charge on any atom is -0.505 e. The molecule has 0 bridgehead atoms. The molecular weight excluding hydrogens is 720 g/mol. The lowest BCUT2D eigenvalue weighted by molar-refractivity contribution is -0.138. The maximum Gasteiger partial charge on any atom is 0.260 e. The third-order valence-corrected chi connectivity index (χ3v) is 12.1. The van der Waals surface area contributed by atoms with Gasteiger partial charge in [0.05, 0.1) is 46.7 Å². The Bertz CT molecular complexity index is 2230. The number of benzene rings is 4. The van der Waals surface area contributed by atoms with Gasteiger partial charge in [0.25, 0.3) is 11.8 Å². The number of phenols is 1. The molecule has 0 aromatic heterocycles. The number of phenolic OH excluding ortho intramolecular Hbond substituents is 1. The Labute approximate surface area is 314 Å². The van der Waals surface area contributed by atoms with Crippen molar-refractivity contribution < 1.29 is 33.4 Å². The standard InChI is InChI=1S/C41H34Cl2FN3O6/c1-3-21-7-12-24(13-8-21)46-37(49)27-17-16-26-29(34(27)39(46)51)20-30-38(50)47(45-33-18-11-23(42)19-31(33)43)40(52)41(30,22-9-14-25(53-2)15-10-22)35(26)28-5-4-6-32(44)36(28)48/h4-16,18-19,27,29-30,34-35,45,48H,3,17,20H2,1-2H3. The number of nitrogens with one attached hydrogen (secondary N) is 1. The number of fused-ring (bicyclic) bond motifs is 4. The Balaban J connectivity index is 1.33. The predicted octanol–water partition coefficient (Wildman–Crippen LogP) is 7.60. The molecule has 4 amide bonds. The van der Waals surface area contributed by atoms with E-state index in [9.17, 15) is 19.5 Å². The number of hydrogen-bond donors (Lipinski definition) is 2. The fraction of sp³-hybridized carbons (Fsp3) is 0.268. The molecule has 2 aliphatic carbocycles. The number of aromatic hydroxyl groups is 1. The molecule has 12 heteroatoms. The van der Waals surface area contributed by atoms with E-state index in [2.05, 4.69) is 5.43 Å². The first kappa shape index (κ1) is 34.9. The van der Waals surface area contributed by atoms with Gasteiger partial charge in [-0.1, -0.05) is 78.2 Å². The first-order valence-electron chi connectivity index (χ1n) is 17.4. The number of imide groups is 2. The Kier molecular flexibility index (Phi) is 8.58. The number of halogens is 3. The number of nitrogens with zero attached hydrogens (tertiary/aromatic N) is 2. The number of allylic oxidation sites excluding steroid dienone is 2. The average molecular weight is 755 g/mol. The predicted molar refractivity (Wildman–Crippen MR) is 197 cm³/mol. The van der Waals surface area contributed by atoms with Gasteiger partial charge in [0.1, 0.15) is 5.75 Å². The Morgan fingerprint density at radius 3 is 2.34 bits per heavy atom. The second-order valence-corrected chi connectivity index (χ2v) is 14.8. The van der Waals surface area contributed by atoms with E-state index >= 15 is 9.18 Å². The first-order chi connectivity index (χ1) is 25.5. The normalized spacial score (nSPS) is 26.3. The van der Waals surface area contributed by atoms with E-state index in [1.54, 1.807) is 48.5 Å². The SMILES string of the molecule is CCc1ccc(N2C(=O)C3CC=C4C(CC5C(=O)N(Nc6ccc(Cl)cc6Cl)C(=O)C5(c5ccc(OC)cc5)C4c4cccc(F)c4O)C3C2=O)cc1. The van der Waals surface area contributed by atoms with Crippen molar-refractivity contribution in [2.45, 2.75) is 37.5 Å². The number of carbonyl (C=O) groups excluding carboxylic acids is 4. The van der Waals surface area contributed by atoms with E-state index in [4.69, 9.17) is 27.9 Å². The van der Waals surface area contributed by atoms with Crippen LogP contribution in [0.3, 0.4) is 0 Å². The van der Waals surface area contributed by atoms with Gasteiger partial charge >= 0.3 is 0 Å². The van der Waals surface area contributed by atoms with Gasteiger partial charge in [-0.2, -0.15) is 5.01 Å². The summed E-state index contributed by atoms with van der Waals surface area (Å²) in [5, 5.41) is 12.9. The molecule has 2 aliphatic heterocycles. The van der Waals surface area contributed by atoms with Crippen LogP contribution in [0.5, 0.6) is 11.5 Å². The number of para-hydroxylation sites is 1. The number of amides is 4. The Hall–Kier alpha value is -5.19. The molecule has 3 fully saturated rings. The molecule has 2 saturated heterocycles. The number of rotatable bonds is 7. The summed E-state index contributed by atoms with van der Waals surface area (Å²) in [5.74, 6) is -7.63. The van der Waals surface area contributed by atoms with Gasteiger partial charge in [0.2, 0.25) is 11.8 Å². The highest BCUT2D eigenvalue weighted by Crippen LogP contribution is 2.65. The molecule has 2 heterocycles. The number of carbonyl (C=O) groups is 4. The van der Waals surface area contributed by atoms with E-state index in [1.807, 2.05) is 25.1 Å². The van der Waals surface area contributed by atoms with Gasteiger partial charge in [-0.05, 0) is 84.8 Å². The molecule has 270 valence electrons. The highest BCUT2D eigenvalue weighted by molar-refractivity contribution is 6.36. The minimum atomic E-state index is -1.74. The van der Waals surface area contributed by atoms with Crippen LogP contribution < -0.4 is 15.1 Å². The lowest BCUT2D eigenvalue weighted by Crippen LogP contribution is -2.53. The van der Waals surface area contributed by atoms with Crippen molar-refractivity contribution in [3.63, 3.8) is 0 Å². The van der Waals surface area contributed by atoms with Crippen LogP contribution in [-0.2, 0) is 31.0 Å². The maximum atomic E-state index is 15.4. The molecule has 4 aliphatic rings. The molecule has 53 heavy (non-hydrogen) atoms. The van der Waals surface area contributed by atoms with Crippen LogP contribution in [0.1, 0.15) is 42.4 Å². The highest BCUT2D eigenvalue weighted by Gasteiger charge is 2.70. The van der Waals surface area contributed by atoms with Crippen molar-refractivity contribution in [2.75, 3.05) is 17.4 Å². The molecular formula is C41H34Cl2FN3O6. The van der Waals surface area contributed by atoms with E-state index in [-0.39, 0.29) is 35.0 Å². The van der Waals surface area contributed by atoms with Crippen LogP contribution in [0.15, 0.2) is 96.6 Å². The lowest BCUT2D eigenvalue weighted by Gasteiger charge is -2.50. The summed E-state index contributed by atoms with van der Waals surface area (Å²) in [7, 11) is 1.51. The van der Waals surface area contributed by atoms with Gasteiger partial charge in [0.15, 0.2) is 11.6 Å². The quantitative estimate of drug-likeness (QED) is 0.148. The number of methoxy groups -OCH3 is 1. The third-order valence-electron chi connectivity index (χ3n) is 11.5. The molecule has 4 aromatic carbocycles. The van der Waals surface area contributed by atoms with Gasteiger partial charge in [0, 0.05) is 16.5 Å². The van der Waals surface area contributed by atoms with Crippen molar-refractivity contribution in [1.82, 2.24) is 5.01 Å². The smallest absolute Gasteiger partial charge is 0.260 e. The molecule has 6 unspecified atom stereocenters. The lowest BCUT2D eigenvalue weighted by atomic mass is 9.49. The number of ether oxygens (including phenoxy) is 1. The molecule has 9 nitrogen and oxygen atoms in total. The van der Waals surface area contributed by atoms with E-state index in [0.717, 1.165) is 23.1 Å². The van der Waals surface area contributed by atoms with E-state index in [0.29, 0.717) is 27.6 Å². The number of anilines is 2.